The van der Waals surface area contributed by atoms with E-state index in [1.54, 1.807) is 36.8 Å². The topological polar surface area (TPSA) is 77.5 Å². The number of halogens is 3. The van der Waals surface area contributed by atoms with Gasteiger partial charge in [-0.3, -0.25) is 9.59 Å². The molecule has 0 saturated carbocycles. The molecule has 1 N–H and O–H groups in total. The van der Waals surface area contributed by atoms with Crippen molar-refractivity contribution in [2.75, 3.05) is 18.2 Å². The standard InChI is InChI=1S/C21H17F3N2O4S2/c1-29-16-6-2-13(3-7-16)18(27)12-32-20-26-15(11-31-20)10-19(28)25-14-4-8-17(9-5-14)30-21(22,23)24/h2-9,11H,10,12H2,1H3,(H,25,28). The quantitative estimate of drug-likeness (QED) is 0.333. The van der Waals surface area contributed by atoms with E-state index in [0.717, 1.165) is 12.1 Å². The number of ketones is 1. The average molecular weight is 483 g/mol. The number of aromatic nitrogens is 1. The largest absolute Gasteiger partial charge is 0.573 e. The summed E-state index contributed by atoms with van der Waals surface area (Å²) in [6, 6.07) is 11.7. The van der Waals surface area contributed by atoms with Crippen LogP contribution in [0.1, 0.15) is 16.1 Å². The van der Waals surface area contributed by atoms with Crippen LogP contribution in [0.5, 0.6) is 11.5 Å². The van der Waals surface area contributed by atoms with E-state index in [2.05, 4.69) is 15.0 Å². The first-order valence-corrected chi connectivity index (χ1v) is 11.0. The van der Waals surface area contributed by atoms with E-state index in [9.17, 15) is 22.8 Å². The van der Waals surface area contributed by atoms with Gasteiger partial charge >= 0.3 is 6.36 Å². The van der Waals surface area contributed by atoms with E-state index >= 15 is 0 Å². The van der Waals surface area contributed by atoms with Crippen LogP contribution in [0.15, 0.2) is 58.3 Å². The number of carbonyl (C=O) groups is 2. The summed E-state index contributed by atoms with van der Waals surface area (Å²) in [5, 5.41) is 4.31. The van der Waals surface area contributed by atoms with Gasteiger partial charge in [0.1, 0.15) is 11.5 Å². The summed E-state index contributed by atoms with van der Waals surface area (Å²) in [5.74, 6) is 0.0805. The SMILES string of the molecule is COc1ccc(C(=O)CSc2nc(CC(=O)Nc3ccc(OC(F)(F)F)cc3)cs2)cc1. The number of amides is 1. The Hall–Kier alpha value is -3.05. The molecule has 0 spiro atoms. The maximum Gasteiger partial charge on any atom is 0.573 e. The van der Waals surface area contributed by atoms with Gasteiger partial charge in [-0.05, 0) is 48.5 Å². The first kappa shape index (κ1) is 23.6. The second-order valence-electron chi connectivity index (χ2n) is 6.34. The molecule has 0 atom stereocenters. The van der Waals surface area contributed by atoms with Crippen LogP contribution in [0.25, 0.3) is 0 Å². The monoisotopic (exact) mass is 482 g/mol. The Morgan fingerprint density at radius 1 is 1.06 bits per heavy atom. The maximum atomic E-state index is 12.3. The fraction of sp³-hybridized carbons (Fsp3) is 0.190. The van der Waals surface area contributed by atoms with Crippen molar-refractivity contribution in [1.82, 2.24) is 4.98 Å². The summed E-state index contributed by atoms with van der Waals surface area (Å²) in [5.41, 5.74) is 1.43. The van der Waals surface area contributed by atoms with Gasteiger partial charge in [-0.2, -0.15) is 0 Å². The number of alkyl halides is 3. The summed E-state index contributed by atoms with van der Waals surface area (Å²) in [4.78, 5) is 28.8. The highest BCUT2D eigenvalue weighted by molar-refractivity contribution is 8.01. The van der Waals surface area contributed by atoms with E-state index in [-0.39, 0.29) is 29.6 Å². The molecule has 1 heterocycles. The first-order chi connectivity index (χ1) is 15.2. The fourth-order valence-corrected chi connectivity index (χ4v) is 4.27. The molecule has 0 unspecified atom stereocenters. The molecule has 3 aromatic rings. The van der Waals surface area contributed by atoms with Crippen molar-refractivity contribution in [3.05, 3.63) is 65.2 Å². The van der Waals surface area contributed by atoms with Gasteiger partial charge in [-0.25, -0.2) is 4.98 Å². The predicted octanol–water partition coefficient (Wildman–Crippen LogP) is 5.21. The number of carbonyl (C=O) groups excluding carboxylic acids is 2. The molecular weight excluding hydrogens is 465 g/mol. The molecule has 1 amide bonds. The Labute approximate surface area is 189 Å². The number of nitrogens with zero attached hydrogens (tertiary/aromatic N) is 1. The lowest BCUT2D eigenvalue weighted by molar-refractivity contribution is -0.274. The van der Waals surface area contributed by atoms with Crippen LogP contribution in [0.3, 0.4) is 0 Å². The maximum absolute atomic E-state index is 12.3. The number of hydrogen-bond donors (Lipinski definition) is 1. The third-order valence-corrected chi connectivity index (χ3v) is 6.05. The second-order valence-corrected chi connectivity index (χ2v) is 8.42. The van der Waals surface area contributed by atoms with Crippen LogP contribution in [-0.4, -0.2) is 35.9 Å². The Bertz CT molecular complexity index is 1070. The Balaban J connectivity index is 1.47. The van der Waals surface area contributed by atoms with Crippen LogP contribution in [0.2, 0.25) is 0 Å². The van der Waals surface area contributed by atoms with E-state index in [0.29, 0.717) is 27.0 Å². The number of ether oxygens (including phenoxy) is 2. The van der Waals surface area contributed by atoms with Crippen molar-refractivity contribution < 1.29 is 32.2 Å². The summed E-state index contributed by atoms with van der Waals surface area (Å²) in [7, 11) is 1.55. The minimum atomic E-state index is -4.77. The van der Waals surface area contributed by atoms with Crippen LogP contribution >= 0.6 is 23.1 Å². The Morgan fingerprint density at radius 2 is 1.72 bits per heavy atom. The highest BCUT2D eigenvalue weighted by Gasteiger charge is 2.30. The lowest BCUT2D eigenvalue weighted by Crippen LogP contribution is -2.17. The molecule has 3 rings (SSSR count). The van der Waals surface area contributed by atoms with Gasteiger partial charge in [0.25, 0.3) is 0 Å². The van der Waals surface area contributed by atoms with Gasteiger partial charge in [0.05, 0.1) is 25.0 Å². The van der Waals surface area contributed by atoms with Gasteiger partial charge in [0, 0.05) is 16.6 Å². The third-order valence-electron chi connectivity index (χ3n) is 3.98. The van der Waals surface area contributed by atoms with Crippen molar-refractivity contribution in [1.29, 1.82) is 0 Å². The minimum Gasteiger partial charge on any atom is -0.497 e. The third kappa shape index (κ3) is 7.27. The van der Waals surface area contributed by atoms with E-state index in [1.165, 1.54) is 35.2 Å². The van der Waals surface area contributed by atoms with Crippen molar-refractivity contribution >= 4 is 40.5 Å². The number of benzene rings is 2. The van der Waals surface area contributed by atoms with E-state index < -0.39 is 6.36 Å². The smallest absolute Gasteiger partial charge is 0.497 e. The van der Waals surface area contributed by atoms with Crippen LogP contribution in [0.4, 0.5) is 18.9 Å². The molecule has 0 aliphatic heterocycles. The number of Topliss-reactive ketones (excluding diaryl/α,β-unsaturated/α-hetero) is 1. The lowest BCUT2D eigenvalue weighted by Gasteiger charge is -2.09. The molecule has 0 aliphatic rings. The number of nitrogens with one attached hydrogen (secondary N) is 1. The molecule has 0 bridgehead atoms. The second kappa shape index (κ2) is 10.5. The molecule has 0 radical (unpaired) electrons. The van der Waals surface area contributed by atoms with Crippen molar-refractivity contribution in [3.63, 3.8) is 0 Å². The molecule has 32 heavy (non-hydrogen) atoms. The first-order valence-electron chi connectivity index (χ1n) is 9.12. The normalized spacial score (nSPS) is 11.1. The Morgan fingerprint density at radius 3 is 2.34 bits per heavy atom. The van der Waals surface area contributed by atoms with E-state index in [1.807, 2.05) is 0 Å². The Kier molecular flexibility index (Phi) is 7.75. The molecular formula is C21H17F3N2O4S2. The highest BCUT2D eigenvalue weighted by Crippen LogP contribution is 2.26. The fourth-order valence-electron chi connectivity index (χ4n) is 2.53. The molecule has 11 heteroatoms. The van der Waals surface area contributed by atoms with Gasteiger partial charge in [-0.1, -0.05) is 11.8 Å². The molecule has 2 aromatic carbocycles. The number of rotatable bonds is 9. The van der Waals surface area contributed by atoms with E-state index in [4.69, 9.17) is 4.74 Å². The van der Waals surface area contributed by atoms with Gasteiger partial charge < -0.3 is 14.8 Å². The number of thioether (sulfide) groups is 1. The summed E-state index contributed by atoms with van der Waals surface area (Å²) in [6.07, 6.45) is -4.78. The highest BCUT2D eigenvalue weighted by atomic mass is 32.2. The molecule has 0 fully saturated rings. The number of thiazole rings is 1. The summed E-state index contributed by atoms with van der Waals surface area (Å²) in [6.45, 7) is 0. The number of hydrogen-bond acceptors (Lipinski definition) is 7. The van der Waals surface area contributed by atoms with Gasteiger partial charge in [-0.15, -0.1) is 24.5 Å². The minimum absolute atomic E-state index is 0.00963. The zero-order valence-corrected chi connectivity index (χ0v) is 18.3. The average Bonchev–Trinajstić information content (AvgIpc) is 3.19. The van der Waals surface area contributed by atoms with Crippen molar-refractivity contribution in [2.45, 2.75) is 17.1 Å². The molecule has 0 saturated heterocycles. The van der Waals surface area contributed by atoms with Gasteiger partial charge in [0.15, 0.2) is 10.1 Å². The van der Waals surface area contributed by atoms with Crippen LogP contribution in [0, 0.1) is 0 Å². The molecule has 1 aromatic heterocycles. The van der Waals surface area contributed by atoms with Crippen molar-refractivity contribution in [3.8, 4) is 11.5 Å². The van der Waals surface area contributed by atoms with Crippen molar-refractivity contribution in [2.24, 2.45) is 0 Å². The van der Waals surface area contributed by atoms with Crippen LogP contribution < -0.4 is 14.8 Å². The predicted molar refractivity (Wildman–Crippen MR) is 116 cm³/mol. The zero-order chi connectivity index (χ0) is 23.1. The summed E-state index contributed by atoms with van der Waals surface area (Å²) >= 11 is 2.61. The zero-order valence-electron chi connectivity index (χ0n) is 16.6. The number of methoxy groups -OCH3 is 1. The molecule has 168 valence electrons. The molecule has 6 nitrogen and oxygen atoms in total. The lowest BCUT2D eigenvalue weighted by atomic mass is 10.1. The molecule has 0 aliphatic carbocycles. The van der Waals surface area contributed by atoms with Crippen LogP contribution in [-0.2, 0) is 11.2 Å². The van der Waals surface area contributed by atoms with Gasteiger partial charge in [0.2, 0.25) is 5.91 Å². The number of anilines is 1. The summed E-state index contributed by atoms with van der Waals surface area (Å²) < 4.78 is 46.1.